The van der Waals surface area contributed by atoms with E-state index in [-0.39, 0.29) is 6.54 Å². The van der Waals surface area contributed by atoms with Gasteiger partial charge < -0.3 is 20.3 Å². The van der Waals surface area contributed by atoms with Gasteiger partial charge in [-0.3, -0.25) is 5.32 Å². The Balaban J connectivity index is 1.91. The number of aliphatic hydroxyl groups excluding tert-OH is 1. The van der Waals surface area contributed by atoms with Crippen molar-refractivity contribution < 1.29 is 24.5 Å². The summed E-state index contributed by atoms with van der Waals surface area (Å²) >= 11 is 0. The van der Waals surface area contributed by atoms with Crippen molar-refractivity contribution in [2.75, 3.05) is 6.54 Å². The minimum absolute atomic E-state index is 0.285. The molecule has 0 radical (unpaired) electrons. The molecule has 2 unspecified atom stereocenters. The van der Waals surface area contributed by atoms with Crippen LogP contribution in [0.1, 0.15) is 37.7 Å². The molecule has 27 heavy (non-hydrogen) atoms. The molecule has 1 aliphatic carbocycles. The maximum absolute atomic E-state index is 11.8. The maximum atomic E-state index is 11.8. The van der Waals surface area contributed by atoms with E-state index >= 15 is 0 Å². The summed E-state index contributed by atoms with van der Waals surface area (Å²) in [5.74, 6) is -2.06. The summed E-state index contributed by atoms with van der Waals surface area (Å²) in [6, 6.07) is 9.90. The molecule has 0 heterocycles. The molecule has 2 atom stereocenters. The van der Waals surface area contributed by atoms with Crippen LogP contribution in [0.25, 0.3) is 0 Å². The zero-order valence-corrected chi connectivity index (χ0v) is 15.3. The first-order valence-electron chi connectivity index (χ1n) is 9.35. The number of carboxylic acid groups (broad SMARTS) is 1. The summed E-state index contributed by atoms with van der Waals surface area (Å²) in [6.45, 7) is 0.689. The minimum Gasteiger partial charge on any atom is -0.478 e. The lowest BCUT2D eigenvalue weighted by molar-refractivity contribution is -0.152. The van der Waals surface area contributed by atoms with Gasteiger partial charge >= 0.3 is 11.9 Å². The normalized spacial score (nSPS) is 17.5. The summed E-state index contributed by atoms with van der Waals surface area (Å²) in [6.07, 6.45) is 5.40. The van der Waals surface area contributed by atoms with E-state index in [1.165, 1.54) is 19.3 Å². The topological polar surface area (TPSA) is 108 Å². The number of aliphatic hydroxyl groups is 1. The third-order valence-corrected chi connectivity index (χ3v) is 4.53. The van der Waals surface area contributed by atoms with Gasteiger partial charge in [0.05, 0.1) is 0 Å². The third-order valence-electron chi connectivity index (χ3n) is 4.53. The van der Waals surface area contributed by atoms with E-state index < -0.39 is 24.3 Å². The molecule has 0 saturated heterocycles. The lowest BCUT2D eigenvalue weighted by atomic mass is 9.95. The van der Waals surface area contributed by atoms with Crippen LogP contribution in [0.5, 0.6) is 0 Å². The van der Waals surface area contributed by atoms with Crippen molar-refractivity contribution in [1.82, 2.24) is 10.6 Å². The van der Waals surface area contributed by atoms with E-state index in [1.54, 1.807) is 0 Å². The Hall–Kier alpha value is -2.22. The van der Waals surface area contributed by atoms with Crippen molar-refractivity contribution in [1.29, 1.82) is 0 Å². The zero-order chi connectivity index (χ0) is 19.5. The molecule has 1 aromatic carbocycles. The first-order chi connectivity index (χ1) is 13.0. The molecule has 1 fully saturated rings. The summed E-state index contributed by atoms with van der Waals surface area (Å²) in [5, 5.41) is 25.5. The predicted octanol–water partition coefficient (Wildman–Crippen LogP) is 1.57. The van der Waals surface area contributed by atoms with Crippen molar-refractivity contribution in [2.24, 2.45) is 0 Å². The van der Waals surface area contributed by atoms with Gasteiger partial charge in [-0.2, -0.15) is 0 Å². The Morgan fingerprint density at radius 1 is 1.15 bits per heavy atom. The number of carboxylic acids is 1. The lowest BCUT2D eigenvalue weighted by Crippen LogP contribution is -2.49. The minimum atomic E-state index is -1.24. The zero-order valence-electron chi connectivity index (χ0n) is 15.3. The number of benzene rings is 1. The monoisotopic (exact) mass is 376 g/mol. The number of esters is 1. The van der Waals surface area contributed by atoms with Gasteiger partial charge in [-0.1, -0.05) is 49.6 Å². The van der Waals surface area contributed by atoms with E-state index in [2.05, 4.69) is 10.6 Å². The molecule has 1 aromatic rings. The number of nitrogens with one attached hydrogen (secondary N) is 2. The second kappa shape index (κ2) is 11.5. The van der Waals surface area contributed by atoms with Crippen LogP contribution < -0.4 is 10.6 Å². The SMILES string of the molecule is O=C(O)/C=C\C(=O)OC(NCc1ccccc1)C(O)CNC1CCCCC1. The van der Waals surface area contributed by atoms with Gasteiger partial charge in [0, 0.05) is 31.3 Å². The number of carbonyl (C=O) groups excluding carboxylic acids is 1. The second-order valence-corrected chi connectivity index (χ2v) is 6.71. The second-order valence-electron chi connectivity index (χ2n) is 6.71. The third kappa shape index (κ3) is 8.34. The van der Waals surface area contributed by atoms with E-state index in [1.807, 2.05) is 30.3 Å². The highest BCUT2D eigenvalue weighted by molar-refractivity contribution is 5.90. The Labute approximate surface area is 159 Å². The van der Waals surface area contributed by atoms with Gasteiger partial charge in [-0.25, -0.2) is 9.59 Å². The molecule has 0 spiro atoms. The molecule has 0 aromatic heterocycles. The lowest BCUT2D eigenvalue weighted by Gasteiger charge is -2.28. The van der Waals surface area contributed by atoms with Crippen molar-refractivity contribution in [3.63, 3.8) is 0 Å². The van der Waals surface area contributed by atoms with Gasteiger partial charge in [-0.05, 0) is 18.4 Å². The Morgan fingerprint density at radius 3 is 2.52 bits per heavy atom. The van der Waals surface area contributed by atoms with Gasteiger partial charge in [0.25, 0.3) is 0 Å². The van der Waals surface area contributed by atoms with E-state index in [0.29, 0.717) is 18.7 Å². The fraction of sp³-hybridized carbons (Fsp3) is 0.500. The van der Waals surface area contributed by atoms with Gasteiger partial charge in [0.1, 0.15) is 6.10 Å². The van der Waals surface area contributed by atoms with Gasteiger partial charge in [-0.15, -0.1) is 0 Å². The summed E-state index contributed by atoms with van der Waals surface area (Å²) in [4.78, 5) is 22.4. The van der Waals surface area contributed by atoms with Crippen molar-refractivity contribution >= 4 is 11.9 Å². The molecule has 4 N–H and O–H groups in total. The summed E-state index contributed by atoms with van der Waals surface area (Å²) < 4.78 is 5.23. The molecule has 7 nitrogen and oxygen atoms in total. The molecule has 1 saturated carbocycles. The van der Waals surface area contributed by atoms with Crippen molar-refractivity contribution in [2.45, 2.75) is 57.0 Å². The van der Waals surface area contributed by atoms with Crippen LogP contribution in [0, 0.1) is 0 Å². The Morgan fingerprint density at radius 2 is 1.85 bits per heavy atom. The molecular formula is C20H28N2O5. The molecular weight excluding hydrogens is 348 g/mol. The Bertz CT molecular complexity index is 614. The largest absolute Gasteiger partial charge is 0.478 e. The molecule has 0 aliphatic heterocycles. The van der Waals surface area contributed by atoms with Gasteiger partial charge in [0.2, 0.25) is 0 Å². The summed E-state index contributed by atoms with van der Waals surface area (Å²) in [5.41, 5.74) is 0.979. The van der Waals surface area contributed by atoms with Crippen LogP contribution in [0.4, 0.5) is 0 Å². The predicted molar refractivity (Wildman–Crippen MR) is 101 cm³/mol. The van der Waals surface area contributed by atoms with Crippen molar-refractivity contribution in [3.8, 4) is 0 Å². The smallest absolute Gasteiger partial charge is 0.332 e. The highest BCUT2D eigenvalue weighted by Gasteiger charge is 2.24. The molecule has 2 rings (SSSR count). The number of aliphatic carboxylic acids is 1. The van der Waals surface area contributed by atoms with Crippen LogP contribution >= 0.6 is 0 Å². The van der Waals surface area contributed by atoms with Crippen LogP contribution in [-0.4, -0.2) is 47.1 Å². The number of rotatable bonds is 10. The first kappa shape index (κ1) is 21.1. The molecule has 1 aliphatic rings. The molecule has 0 bridgehead atoms. The fourth-order valence-electron chi connectivity index (χ4n) is 3.08. The molecule has 148 valence electrons. The Kier molecular flexibility index (Phi) is 8.97. The quantitative estimate of drug-likeness (QED) is 0.279. The van der Waals surface area contributed by atoms with Crippen LogP contribution in [0.2, 0.25) is 0 Å². The average Bonchev–Trinajstić information content (AvgIpc) is 2.69. The van der Waals surface area contributed by atoms with Crippen LogP contribution in [0.15, 0.2) is 42.5 Å². The van der Waals surface area contributed by atoms with Crippen LogP contribution in [-0.2, 0) is 20.9 Å². The van der Waals surface area contributed by atoms with Crippen LogP contribution in [0.3, 0.4) is 0 Å². The maximum Gasteiger partial charge on any atom is 0.332 e. The van der Waals surface area contributed by atoms with E-state index in [4.69, 9.17) is 9.84 Å². The van der Waals surface area contributed by atoms with Crippen molar-refractivity contribution in [3.05, 3.63) is 48.0 Å². The highest BCUT2D eigenvalue weighted by atomic mass is 16.6. The fourth-order valence-corrected chi connectivity index (χ4v) is 3.08. The standard InChI is InChI=1S/C20H28N2O5/c23-17(14-21-16-9-5-2-6-10-16)20(27-19(26)12-11-18(24)25)22-13-15-7-3-1-4-8-15/h1,3-4,7-8,11-12,16-17,20-23H,2,5-6,9-10,13-14H2,(H,24,25)/b12-11-. The number of ether oxygens (including phenoxy) is 1. The van der Waals surface area contributed by atoms with E-state index in [0.717, 1.165) is 24.5 Å². The number of carbonyl (C=O) groups is 2. The van der Waals surface area contributed by atoms with Gasteiger partial charge in [0.15, 0.2) is 6.23 Å². The highest BCUT2D eigenvalue weighted by Crippen LogP contribution is 2.17. The number of hydrogen-bond donors (Lipinski definition) is 4. The first-order valence-corrected chi connectivity index (χ1v) is 9.35. The average molecular weight is 376 g/mol. The molecule has 7 heteroatoms. The van der Waals surface area contributed by atoms with E-state index in [9.17, 15) is 14.7 Å². The number of hydrogen-bond acceptors (Lipinski definition) is 6. The summed E-state index contributed by atoms with van der Waals surface area (Å²) in [7, 11) is 0. The molecule has 0 amide bonds.